The standard InChI is InChI=1S/C18H15N5O6/c1-27-12-8-9(5-6-10(12)24)15-13(16(25)11-4-3-7-29-11)14(17(26)28-2)19-18-20-21-22-23(15)18/h3-8,15,24H,1-2H3,(H,19,20,22). The zero-order valence-electron chi connectivity index (χ0n) is 15.3. The average molecular weight is 397 g/mol. The second kappa shape index (κ2) is 7.11. The molecule has 1 aliphatic heterocycles. The Hall–Kier alpha value is -4.15. The number of nitrogens with one attached hydrogen (secondary N) is 1. The van der Waals surface area contributed by atoms with Crippen LogP contribution in [0.3, 0.4) is 0 Å². The van der Waals surface area contributed by atoms with Crippen molar-refractivity contribution in [2.24, 2.45) is 0 Å². The van der Waals surface area contributed by atoms with Gasteiger partial charge in [0.2, 0.25) is 11.7 Å². The van der Waals surface area contributed by atoms with Crippen LogP contribution in [-0.2, 0) is 9.53 Å². The van der Waals surface area contributed by atoms with Crippen LogP contribution in [0.2, 0.25) is 0 Å². The number of nitrogens with zero attached hydrogens (tertiary/aromatic N) is 4. The Morgan fingerprint density at radius 2 is 2.10 bits per heavy atom. The van der Waals surface area contributed by atoms with Crippen LogP contribution in [0.5, 0.6) is 11.5 Å². The number of hydrogen-bond acceptors (Lipinski definition) is 10. The third kappa shape index (κ3) is 2.98. The van der Waals surface area contributed by atoms with Crippen LogP contribution in [0, 0.1) is 0 Å². The predicted octanol–water partition coefficient (Wildman–Crippen LogP) is 1.31. The Bertz CT molecular complexity index is 1120. The molecule has 4 rings (SSSR count). The molecular weight excluding hydrogens is 382 g/mol. The van der Waals surface area contributed by atoms with Crippen molar-refractivity contribution in [3.63, 3.8) is 0 Å². The Labute approximate surface area is 163 Å². The first-order valence-corrected chi connectivity index (χ1v) is 8.37. The molecule has 0 saturated heterocycles. The molecular formula is C18H15N5O6. The summed E-state index contributed by atoms with van der Waals surface area (Å²) in [7, 11) is 2.59. The van der Waals surface area contributed by atoms with E-state index in [-0.39, 0.29) is 34.5 Å². The van der Waals surface area contributed by atoms with E-state index in [0.29, 0.717) is 5.56 Å². The van der Waals surface area contributed by atoms with E-state index in [4.69, 9.17) is 13.9 Å². The maximum atomic E-state index is 13.3. The predicted molar refractivity (Wildman–Crippen MR) is 96.3 cm³/mol. The van der Waals surface area contributed by atoms with Crippen molar-refractivity contribution in [1.29, 1.82) is 0 Å². The number of rotatable bonds is 5. The van der Waals surface area contributed by atoms with Crippen molar-refractivity contribution >= 4 is 17.7 Å². The lowest BCUT2D eigenvalue weighted by Crippen LogP contribution is -2.32. The molecule has 0 bridgehead atoms. The summed E-state index contributed by atoms with van der Waals surface area (Å²) in [5.74, 6) is -1.07. The lowest BCUT2D eigenvalue weighted by molar-refractivity contribution is -0.136. The number of carbonyl (C=O) groups excluding carboxylic acids is 2. The van der Waals surface area contributed by atoms with Crippen molar-refractivity contribution in [3.05, 3.63) is 59.2 Å². The summed E-state index contributed by atoms with van der Waals surface area (Å²) in [6, 6.07) is 6.64. The molecule has 3 heterocycles. The van der Waals surface area contributed by atoms with Gasteiger partial charge in [-0.05, 0) is 40.3 Å². The van der Waals surface area contributed by atoms with Gasteiger partial charge in [-0.15, -0.1) is 0 Å². The Balaban J connectivity index is 1.97. The number of anilines is 1. The fourth-order valence-electron chi connectivity index (χ4n) is 3.10. The highest BCUT2D eigenvalue weighted by molar-refractivity contribution is 6.13. The zero-order chi connectivity index (χ0) is 20.5. The summed E-state index contributed by atoms with van der Waals surface area (Å²) >= 11 is 0. The third-order valence-corrected chi connectivity index (χ3v) is 4.42. The molecule has 11 nitrogen and oxygen atoms in total. The fraction of sp³-hybridized carbons (Fsp3) is 0.167. The quantitative estimate of drug-likeness (QED) is 0.478. The molecule has 0 fully saturated rings. The molecule has 0 radical (unpaired) electrons. The summed E-state index contributed by atoms with van der Waals surface area (Å²) in [6.45, 7) is 0. The van der Waals surface area contributed by atoms with Gasteiger partial charge in [0.15, 0.2) is 17.3 Å². The molecule has 2 aromatic heterocycles. The summed E-state index contributed by atoms with van der Waals surface area (Å²) in [4.78, 5) is 25.7. The van der Waals surface area contributed by atoms with Crippen LogP contribution >= 0.6 is 0 Å². The van der Waals surface area contributed by atoms with E-state index in [0.717, 1.165) is 0 Å². The van der Waals surface area contributed by atoms with Gasteiger partial charge >= 0.3 is 5.97 Å². The first kappa shape index (κ1) is 18.2. The minimum absolute atomic E-state index is 0.0133. The van der Waals surface area contributed by atoms with E-state index in [1.807, 2.05) is 0 Å². The Morgan fingerprint density at radius 3 is 2.79 bits per heavy atom. The van der Waals surface area contributed by atoms with Crippen LogP contribution in [-0.4, -0.2) is 51.3 Å². The number of furan rings is 1. The number of tetrazole rings is 1. The number of benzene rings is 1. The van der Waals surface area contributed by atoms with Crippen molar-refractivity contribution in [1.82, 2.24) is 20.2 Å². The number of aromatic nitrogens is 4. The molecule has 1 atom stereocenters. The minimum Gasteiger partial charge on any atom is -0.504 e. The Kier molecular flexibility index (Phi) is 4.47. The number of allylic oxidation sites excluding steroid dienone is 1. The molecule has 0 amide bonds. The number of carbonyl (C=O) groups is 2. The van der Waals surface area contributed by atoms with Crippen molar-refractivity contribution in [2.75, 3.05) is 19.5 Å². The second-order valence-corrected chi connectivity index (χ2v) is 5.99. The fourth-order valence-corrected chi connectivity index (χ4v) is 3.10. The summed E-state index contributed by atoms with van der Waals surface area (Å²) in [5.41, 5.74) is 0.388. The first-order chi connectivity index (χ1) is 14.0. The smallest absolute Gasteiger partial charge is 0.355 e. The number of fused-ring (bicyclic) bond motifs is 1. The Morgan fingerprint density at radius 1 is 1.28 bits per heavy atom. The maximum absolute atomic E-state index is 13.3. The third-order valence-electron chi connectivity index (χ3n) is 4.42. The highest BCUT2D eigenvalue weighted by Crippen LogP contribution is 2.39. The highest BCUT2D eigenvalue weighted by Gasteiger charge is 2.39. The molecule has 0 spiro atoms. The minimum atomic E-state index is -0.914. The van der Waals surface area contributed by atoms with Crippen molar-refractivity contribution < 1.29 is 28.6 Å². The average Bonchev–Trinajstić information content (AvgIpc) is 3.43. The molecule has 2 N–H and O–H groups in total. The van der Waals surface area contributed by atoms with Crippen LogP contribution < -0.4 is 10.1 Å². The lowest BCUT2D eigenvalue weighted by Gasteiger charge is -2.27. The van der Waals surface area contributed by atoms with E-state index in [1.165, 1.54) is 43.4 Å². The highest BCUT2D eigenvalue weighted by atomic mass is 16.5. The molecule has 0 aliphatic carbocycles. The van der Waals surface area contributed by atoms with E-state index in [9.17, 15) is 14.7 Å². The lowest BCUT2D eigenvalue weighted by atomic mass is 9.91. The number of esters is 1. The molecule has 1 aliphatic rings. The van der Waals surface area contributed by atoms with Gasteiger partial charge in [-0.25, -0.2) is 4.79 Å². The number of phenols is 1. The summed E-state index contributed by atoms with van der Waals surface area (Å²) < 4.78 is 16.6. The number of Topliss-reactive ketones (excluding diaryl/α,β-unsaturated/α-hetero) is 1. The van der Waals surface area contributed by atoms with E-state index >= 15 is 0 Å². The molecule has 1 unspecified atom stereocenters. The zero-order valence-corrected chi connectivity index (χ0v) is 15.3. The normalized spacial score (nSPS) is 15.4. The van der Waals surface area contributed by atoms with Gasteiger partial charge < -0.3 is 24.3 Å². The second-order valence-electron chi connectivity index (χ2n) is 5.99. The number of aromatic hydroxyl groups is 1. The monoisotopic (exact) mass is 397 g/mol. The summed E-state index contributed by atoms with van der Waals surface area (Å²) in [5, 5.41) is 24.1. The SMILES string of the molecule is COC(=O)C1=C(C(=O)c2ccco2)C(c2ccc(O)c(OC)c2)n2nnnc2N1. The molecule has 148 valence electrons. The van der Waals surface area contributed by atoms with Gasteiger partial charge in [-0.3, -0.25) is 4.79 Å². The number of ether oxygens (including phenoxy) is 2. The topological polar surface area (TPSA) is 142 Å². The number of hydrogen-bond donors (Lipinski definition) is 2. The van der Waals surface area contributed by atoms with Gasteiger partial charge in [0.1, 0.15) is 11.7 Å². The van der Waals surface area contributed by atoms with E-state index in [1.54, 1.807) is 12.1 Å². The summed E-state index contributed by atoms with van der Waals surface area (Å²) in [6.07, 6.45) is 1.35. The van der Waals surface area contributed by atoms with Crippen molar-refractivity contribution in [3.8, 4) is 11.5 Å². The van der Waals surface area contributed by atoms with Gasteiger partial charge in [-0.1, -0.05) is 11.2 Å². The van der Waals surface area contributed by atoms with Crippen LogP contribution in [0.15, 0.2) is 52.3 Å². The van der Waals surface area contributed by atoms with Gasteiger partial charge in [0.25, 0.3) is 0 Å². The van der Waals surface area contributed by atoms with E-state index in [2.05, 4.69) is 20.8 Å². The number of ketones is 1. The number of methoxy groups -OCH3 is 2. The number of phenolic OH excluding ortho intramolecular Hbond substituents is 1. The first-order valence-electron chi connectivity index (χ1n) is 8.37. The molecule has 0 saturated carbocycles. The van der Waals surface area contributed by atoms with Crippen LogP contribution in [0.1, 0.15) is 22.2 Å². The van der Waals surface area contributed by atoms with E-state index < -0.39 is 17.8 Å². The van der Waals surface area contributed by atoms with Crippen LogP contribution in [0.25, 0.3) is 0 Å². The largest absolute Gasteiger partial charge is 0.504 e. The molecule has 3 aromatic rings. The molecule has 29 heavy (non-hydrogen) atoms. The maximum Gasteiger partial charge on any atom is 0.355 e. The molecule has 11 heteroatoms. The van der Waals surface area contributed by atoms with Gasteiger partial charge in [0.05, 0.1) is 26.1 Å². The van der Waals surface area contributed by atoms with Gasteiger partial charge in [0, 0.05) is 0 Å². The molecule has 1 aromatic carbocycles. The van der Waals surface area contributed by atoms with Crippen LogP contribution in [0.4, 0.5) is 5.95 Å². The van der Waals surface area contributed by atoms with Crippen molar-refractivity contribution in [2.45, 2.75) is 6.04 Å². The van der Waals surface area contributed by atoms with Gasteiger partial charge in [-0.2, -0.15) is 4.68 Å².